The van der Waals surface area contributed by atoms with Gasteiger partial charge in [0.25, 0.3) is 0 Å². The van der Waals surface area contributed by atoms with E-state index in [1.165, 1.54) is 25.4 Å². The fraction of sp³-hybridized carbons (Fsp3) is 0.381. The highest BCUT2D eigenvalue weighted by Crippen LogP contribution is 2.29. The van der Waals surface area contributed by atoms with Crippen molar-refractivity contribution < 1.29 is 28.2 Å². The molecule has 2 heterocycles. The quantitative estimate of drug-likeness (QED) is 0.225. The summed E-state index contributed by atoms with van der Waals surface area (Å²) in [5.41, 5.74) is 5.51. The third-order valence-corrected chi connectivity index (χ3v) is 6.17. The number of rotatable bonds is 8. The molecule has 4 N–H and O–H groups in total. The van der Waals surface area contributed by atoms with Crippen LogP contribution in [-0.2, 0) is 14.3 Å². The topological polar surface area (TPSA) is 148 Å². The largest absolute Gasteiger partial charge is 0.469 e. The Kier molecular flexibility index (Phi) is 7.93. The summed E-state index contributed by atoms with van der Waals surface area (Å²) < 4.78 is 23.8. The number of nitrogens with one attached hydrogen (secondary N) is 2. The highest BCUT2D eigenvalue weighted by molar-refractivity contribution is 7.17. The van der Waals surface area contributed by atoms with Crippen molar-refractivity contribution in [2.45, 2.75) is 19.3 Å². The Bertz CT molecular complexity index is 1050. The number of piperidine rings is 1. The molecule has 33 heavy (non-hydrogen) atoms. The monoisotopic (exact) mass is 477 g/mol. The molecule has 1 amide bonds. The van der Waals surface area contributed by atoms with Gasteiger partial charge in [-0.3, -0.25) is 15.0 Å². The molecule has 1 saturated heterocycles. The number of carbonyl (C=O) groups is 3. The fourth-order valence-electron chi connectivity index (χ4n) is 3.27. The van der Waals surface area contributed by atoms with E-state index in [1.807, 2.05) is 4.90 Å². The van der Waals surface area contributed by atoms with Gasteiger partial charge in [0.05, 0.1) is 19.7 Å². The Labute approximate surface area is 193 Å². The summed E-state index contributed by atoms with van der Waals surface area (Å²) in [4.78, 5) is 42.2. The molecule has 0 aliphatic carbocycles. The zero-order valence-electron chi connectivity index (χ0n) is 17.9. The lowest BCUT2D eigenvalue weighted by molar-refractivity contribution is -0.140. The number of halogens is 1. The molecule has 176 valence electrons. The van der Waals surface area contributed by atoms with Gasteiger partial charge in [0.2, 0.25) is 5.91 Å². The van der Waals surface area contributed by atoms with Gasteiger partial charge >= 0.3 is 11.9 Å². The number of carbonyl (C=O) groups excluding carboxylic acids is 3. The van der Waals surface area contributed by atoms with Crippen LogP contribution in [-0.4, -0.2) is 55.4 Å². The van der Waals surface area contributed by atoms with Gasteiger partial charge in [-0.1, -0.05) is 11.3 Å². The van der Waals surface area contributed by atoms with Crippen molar-refractivity contribution in [3.63, 3.8) is 0 Å². The summed E-state index contributed by atoms with van der Waals surface area (Å²) in [6, 6.07) is 3.66. The molecular formula is C21H24FN5O5S. The first-order chi connectivity index (χ1) is 15.8. The first kappa shape index (κ1) is 24.1. The van der Waals surface area contributed by atoms with Gasteiger partial charge in [-0.2, -0.15) is 0 Å². The Morgan fingerprint density at radius 2 is 2.06 bits per heavy atom. The number of anilines is 1. The van der Waals surface area contributed by atoms with Crippen molar-refractivity contribution in [3.05, 3.63) is 40.7 Å². The number of aromatic nitrogens is 1. The number of thiazole rings is 1. The first-order valence-corrected chi connectivity index (χ1v) is 11.0. The third kappa shape index (κ3) is 6.25. The third-order valence-electron chi connectivity index (χ3n) is 5.13. The molecule has 0 unspecified atom stereocenters. The fourth-order valence-corrected chi connectivity index (χ4v) is 4.12. The predicted molar refractivity (Wildman–Crippen MR) is 119 cm³/mol. The second kappa shape index (κ2) is 10.9. The molecule has 0 spiro atoms. The van der Waals surface area contributed by atoms with Gasteiger partial charge in [-0.25, -0.2) is 14.2 Å². The molecule has 0 saturated carbocycles. The van der Waals surface area contributed by atoms with Crippen molar-refractivity contribution in [2.24, 2.45) is 11.7 Å². The van der Waals surface area contributed by atoms with Crippen LogP contribution in [0.15, 0.2) is 24.4 Å². The molecule has 1 aromatic carbocycles. The van der Waals surface area contributed by atoms with Crippen LogP contribution in [0.5, 0.6) is 5.75 Å². The summed E-state index contributed by atoms with van der Waals surface area (Å²) in [5, 5.41) is 10.7. The van der Waals surface area contributed by atoms with Gasteiger partial charge in [-0.15, -0.1) is 0 Å². The van der Waals surface area contributed by atoms with Crippen LogP contribution in [0.2, 0.25) is 0 Å². The van der Waals surface area contributed by atoms with Crippen molar-refractivity contribution in [3.8, 4) is 5.75 Å². The normalized spacial score (nSPS) is 13.9. The van der Waals surface area contributed by atoms with Crippen molar-refractivity contribution in [1.29, 1.82) is 5.41 Å². The standard InChI is InChI=1S/C21H24FN5O5S/c1-31-17(28)4-7-25-19(29)12-5-8-27(9-6-12)21-26-11-16(33-21)20(30)32-15-3-2-13(18(23)24)10-14(15)22/h2-3,10-12H,4-9H2,1H3,(H3,23,24)(H,25,29). The SMILES string of the molecule is COC(=O)CCNC(=O)C1CCN(c2ncc(C(=O)Oc3ccc(C(=N)N)cc3F)s2)CC1. The van der Waals surface area contributed by atoms with Crippen molar-refractivity contribution in [1.82, 2.24) is 10.3 Å². The minimum atomic E-state index is -0.798. The van der Waals surface area contributed by atoms with Crippen LogP contribution >= 0.6 is 11.3 Å². The van der Waals surface area contributed by atoms with E-state index < -0.39 is 11.8 Å². The number of hydrogen-bond acceptors (Lipinski definition) is 9. The van der Waals surface area contributed by atoms with E-state index in [4.69, 9.17) is 15.9 Å². The van der Waals surface area contributed by atoms with E-state index in [-0.39, 0.29) is 52.8 Å². The van der Waals surface area contributed by atoms with Crippen LogP contribution < -0.4 is 20.7 Å². The minimum Gasteiger partial charge on any atom is -0.469 e. The number of nitrogen functional groups attached to an aromatic ring is 1. The molecule has 1 aliphatic heterocycles. The van der Waals surface area contributed by atoms with E-state index in [0.717, 1.165) is 17.4 Å². The van der Waals surface area contributed by atoms with Gasteiger partial charge in [-0.05, 0) is 31.0 Å². The first-order valence-electron chi connectivity index (χ1n) is 10.2. The zero-order valence-corrected chi connectivity index (χ0v) is 18.7. The highest BCUT2D eigenvalue weighted by atomic mass is 32.1. The summed E-state index contributed by atoms with van der Waals surface area (Å²) in [6.07, 6.45) is 2.72. The maximum absolute atomic E-state index is 14.1. The van der Waals surface area contributed by atoms with Gasteiger partial charge in [0.15, 0.2) is 16.7 Å². The lowest BCUT2D eigenvalue weighted by atomic mass is 9.96. The Morgan fingerprint density at radius 3 is 2.70 bits per heavy atom. The van der Waals surface area contributed by atoms with Crippen LogP contribution in [0.25, 0.3) is 0 Å². The number of ether oxygens (including phenoxy) is 2. The van der Waals surface area contributed by atoms with E-state index >= 15 is 0 Å². The van der Waals surface area contributed by atoms with Crippen LogP contribution in [0, 0.1) is 17.1 Å². The van der Waals surface area contributed by atoms with Crippen molar-refractivity contribution in [2.75, 3.05) is 31.6 Å². The Hall–Kier alpha value is -3.54. The number of nitrogens with two attached hydrogens (primary N) is 1. The molecule has 1 fully saturated rings. The molecule has 1 aliphatic rings. The molecule has 12 heteroatoms. The van der Waals surface area contributed by atoms with Crippen LogP contribution in [0.3, 0.4) is 0 Å². The summed E-state index contributed by atoms with van der Waals surface area (Å²) in [7, 11) is 1.30. The summed E-state index contributed by atoms with van der Waals surface area (Å²) in [5.74, 6) is -2.73. The lowest BCUT2D eigenvalue weighted by Crippen LogP contribution is -2.41. The smallest absolute Gasteiger partial charge is 0.355 e. The molecule has 0 atom stereocenters. The number of amidine groups is 1. The maximum Gasteiger partial charge on any atom is 0.355 e. The number of benzene rings is 1. The van der Waals surface area contributed by atoms with Gasteiger partial charge < -0.3 is 25.4 Å². The second-order valence-electron chi connectivity index (χ2n) is 7.33. The number of hydrogen-bond donors (Lipinski definition) is 3. The molecular weight excluding hydrogens is 453 g/mol. The average Bonchev–Trinajstić information content (AvgIpc) is 3.30. The molecule has 3 rings (SSSR count). The van der Waals surface area contributed by atoms with E-state index in [0.29, 0.717) is 31.1 Å². The number of nitrogens with zero attached hydrogens (tertiary/aromatic N) is 2. The van der Waals surface area contributed by atoms with E-state index in [1.54, 1.807) is 0 Å². The summed E-state index contributed by atoms with van der Waals surface area (Å²) >= 11 is 1.12. The molecule has 10 nitrogen and oxygen atoms in total. The van der Waals surface area contributed by atoms with Crippen LogP contribution in [0.1, 0.15) is 34.5 Å². The lowest BCUT2D eigenvalue weighted by Gasteiger charge is -2.31. The highest BCUT2D eigenvalue weighted by Gasteiger charge is 2.27. The number of esters is 2. The maximum atomic E-state index is 14.1. The van der Waals surface area contributed by atoms with Crippen LogP contribution in [0.4, 0.5) is 9.52 Å². The molecule has 1 aromatic heterocycles. The predicted octanol–water partition coefficient (Wildman–Crippen LogP) is 1.68. The zero-order chi connectivity index (χ0) is 24.0. The molecule has 2 aromatic rings. The number of methoxy groups -OCH3 is 1. The average molecular weight is 478 g/mol. The Morgan fingerprint density at radius 1 is 1.33 bits per heavy atom. The molecule has 0 bridgehead atoms. The second-order valence-corrected chi connectivity index (χ2v) is 8.34. The Balaban J connectivity index is 1.51. The number of amides is 1. The minimum absolute atomic E-state index is 0.0974. The van der Waals surface area contributed by atoms with E-state index in [9.17, 15) is 18.8 Å². The van der Waals surface area contributed by atoms with Crippen molar-refractivity contribution >= 4 is 40.1 Å². The molecule has 0 radical (unpaired) electrons. The van der Waals surface area contributed by atoms with Gasteiger partial charge in [0.1, 0.15) is 10.7 Å². The summed E-state index contributed by atoms with van der Waals surface area (Å²) in [6.45, 7) is 1.40. The van der Waals surface area contributed by atoms with Gasteiger partial charge in [0, 0.05) is 31.1 Å². The van der Waals surface area contributed by atoms with E-state index in [2.05, 4.69) is 15.0 Å².